The van der Waals surface area contributed by atoms with Crippen LogP contribution in [0.15, 0.2) is 87.4 Å². The zero-order chi connectivity index (χ0) is 29.9. The number of hydrogen-bond acceptors (Lipinski definition) is 11. The summed E-state index contributed by atoms with van der Waals surface area (Å²) in [7, 11) is 3.12. The molecule has 43 heavy (non-hydrogen) atoms. The summed E-state index contributed by atoms with van der Waals surface area (Å²) in [5, 5.41) is 4.87. The van der Waals surface area contributed by atoms with Crippen molar-refractivity contribution in [3.05, 3.63) is 84.1 Å². The Kier molecular flexibility index (Phi) is 7.58. The number of furan rings is 2. The molecule has 6 rings (SSSR count). The molecule has 0 aliphatic carbocycles. The van der Waals surface area contributed by atoms with Crippen LogP contribution in [0.25, 0.3) is 45.2 Å². The van der Waals surface area contributed by atoms with Gasteiger partial charge >= 0.3 is 5.97 Å². The van der Waals surface area contributed by atoms with Gasteiger partial charge in [-0.2, -0.15) is 0 Å². The Morgan fingerprint density at radius 2 is 1.53 bits per heavy atom. The van der Waals surface area contributed by atoms with E-state index in [9.17, 15) is 9.59 Å². The number of hydrogen-bond donors (Lipinski definition) is 1. The van der Waals surface area contributed by atoms with Crippen LogP contribution < -0.4 is 14.8 Å². The Bertz CT molecular complexity index is 1920. The first kappa shape index (κ1) is 27.7. The summed E-state index contributed by atoms with van der Waals surface area (Å²) in [5.74, 6) is 0.974. The first-order valence-electron chi connectivity index (χ1n) is 13.0. The van der Waals surface area contributed by atoms with E-state index < -0.39 is 18.0 Å². The second kappa shape index (κ2) is 11.8. The van der Waals surface area contributed by atoms with E-state index in [1.807, 2.05) is 6.07 Å². The van der Waals surface area contributed by atoms with Crippen LogP contribution in [0.2, 0.25) is 0 Å². The van der Waals surface area contributed by atoms with Crippen LogP contribution in [0, 0.1) is 0 Å². The van der Waals surface area contributed by atoms with Crippen LogP contribution in [0.1, 0.15) is 17.3 Å². The first-order chi connectivity index (χ1) is 20.9. The van der Waals surface area contributed by atoms with Crippen molar-refractivity contribution in [1.29, 1.82) is 0 Å². The SMILES string of the molecule is COc1ccc(-c2csc(NC(=O)C(C)OC(=O)c3ccc4nc(-c5ccco5)c(-c5ccco5)nc4c3)n2)cc1OC. The third-order valence-corrected chi connectivity index (χ3v) is 7.23. The van der Waals surface area contributed by atoms with Crippen molar-refractivity contribution in [2.45, 2.75) is 13.0 Å². The Hall–Kier alpha value is -5.49. The number of esters is 1. The molecule has 0 bridgehead atoms. The van der Waals surface area contributed by atoms with Gasteiger partial charge in [0.05, 0.1) is 49.0 Å². The van der Waals surface area contributed by atoms with Gasteiger partial charge in [0, 0.05) is 10.9 Å². The standard InChI is InChI=1S/C31H24N4O7S/c1-17(29(36)35-31-34-22(16-43-31)18-9-11-23(38-2)26(15-18)39-3)42-30(37)19-8-10-20-21(14-19)33-28(25-7-5-13-41-25)27(32-20)24-6-4-12-40-24/h4-17H,1-3H3,(H,34,35,36). The van der Waals surface area contributed by atoms with Crippen molar-refractivity contribution < 1.29 is 32.6 Å². The first-order valence-corrected chi connectivity index (χ1v) is 13.9. The topological polar surface area (TPSA) is 139 Å². The fraction of sp³-hybridized carbons (Fsp3) is 0.129. The van der Waals surface area contributed by atoms with Gasteiger partial charge in [0.25, 0.3) is 5.91 Å². The Morgan fingerprint density at radius 1 is 0.837 bits per heavy atom. The quantitative estimate of drug-likeness (QED) is 0.185. The monoisotopic (exact) mass is 596 g/mol. The van der Waals surface area contributed by atoms with Gasteiger partial charge in [0.1, 0.15) is 11.4 Å². The number of amides is 1. The van der Waals surface area contributed by atoms with Crippen molar-refractivity contribution in [2.75, 3.05) is 19.5 Å². The zero-order valence-corrected chi connectivity index (χ0v) is 24.0. The average molecular weight is 597 g/mol. The van der Waals surface area contributed by atoms with E-state index in [-0.39, 0.29) is 5.56 Å². The van der Waals surface area contributed by atoms with Crippen molar-refractivity contribution in [3.63, 3.8) is 0 Å². The van der Waals surface area contributed by atoms with Crippen LogP contribution in [0.4, 0.5) is 5.13 Å². The lowest BCUT2D eigenvalue weighted by molar-refractivity contribution is -0.123. The van der Waals surface area contributed by atoms with Gasteiger partial charge < -0.3 is 23.0 Å². The van der Waals surface area contributed by atoms with Crippen molar-refractivity contribution in [1.82, 2.24) is 15.0 Å². The van der Waals surface area contributed by atoms with Gasteiger partial charge in [-0.25, -0.2) is 19.7 Å². The zero-order valence-electron chi connectivity index (χ0n) is 23.2. The average Bonchev–Trinajstić information content (AvgIpc) is 3.83. The third kappa shape index (κ3) is 5.68. The molecule has 2 aromatic carbocycles. The molecule has 0 fully saturated rings. The summed E-state index contributed by atoms with van der Waals surface area (Å²) in [6, 6.07) is 17.3. The molecule has 6 aromatic rings. The highest BCUT2D eigenvalue weighted by Crippen LogP contribution is 2.34. The maximum Gasteiger partial charge on any atom is 0.338 e. The molecule has 0 saturated carbocycles. The molecule has 0 aliphatic heterocycles. The van der Waals surface area contributed by atoms with E-state index in [0.29, 0.717) is 56.3 Å². The number of thiazole rings is 1. The molecular formula is C31H24N4O7S. The van der Waals surface area contributed by atoms with Crippen LogP contribution in [0.5, 0.6) is 11.5 Å². The normalized spacial score (nSPS) is 11.7. The van der Waals surface area contributed by atoms with Crippen LogP contribution in [-0.4, -0.2) is 47.2 Å². The van der Waals surface area contributed by atoms with Gasteiger partial charge in [0.15, 0.2) is 34.3 Å². The Morgan fingerprint density at radius 3 is 2.19 bits per heavy atom. The second-order valence-electron chi connectivity index (χ2n) is 9.22. The Labute approximate surface area is 249 Å². The summed E-state index contributed by atoms with van der Waals surface area (Å²) < 4.78 is 27.2. The molecule has 0 radical (unpaired) electrons. The maximum atomic E-state index is 13.0. The smallest absolute Gasteiger partial charge is 0.338 e. The molecule has 0 aliphatic rings. The van der Waals surface area contributed by atoms with Gasteiger partial charge in [-0.15, -0.1) is 11.3 Å². The minimum absolute atomic E-state index is 0.211. The molecule has 1 N–H and O–H groups in total. The van der Waals surface area contributed by atoms with Gasteiger partial charge in [-0.1, -0.05) is 0 Å². The van der Waals surface area contributed by atoms with Gasteiger partial charge in [-0.3, -0.25) is 10.1 Å². The van der Waals surface area contributed by atoms with E-state index in [4.69, 9.17) is 33.0 Å². The summed E-state index contributed by atoms with van der Waals surface area (Å²) in [5.41, 5.74) is 3.60. The van der Waals surface area contributed by atoms with E-state index >= 15 is 0 Å². The number of aromatic nitrogens is 3. The number of benzene rings is 2. The lowest BCUT2D eigenvalue weighted by atomic mass is 10.1. The molecule has 4 aromatic heterocycles. The Balaban J connectivity index is 1.17. The molecule has 1 atom stereocenters. The highest BCUT2D eigenvalue weighted by atomic mass is 32.1. The lowest BCUT2D eigenvalue weighted by Gasteiger charge is -2.13. The fourth-order valence-corrected chi connectivity index (χ4v) is 5.02. The number of rotatable bonds is 9. The van der Waals surface area contributed by atoms with Crippen molar-refractivity contribution in [2.24, 2.45) is 0 Å². The molecule has 216 valence electrons. The van der Waals surface area contributed by atoms with Gasteiger partial charge in [0.2, 0.25) is 0 Å². The molecular weight excluding hydrogens is 572 g/mol. The van der Waals surface area contributed by atoms with E-state index in [1.54, 1.807) is 80.5 Å². The minimum atomic E-state index is -1.09. The molecule has 1 amide bonds. The summed E-state index contributed by atoms with van der Waals surface area (Å²) in [6.07, 6.45) is 1.99. The number of anilines is 1. The molecule has 0 saturated heterocycles. The number of nitrogens with one attached hydrogen (secondary N) is 1. The molecule has 0 spiro atoms. The second-order valence-corrected chi connectivity index (χ2v) is 10.1. The molecule has 4 heterocycles. The number of carbonyl (C=O) groups is 2. The van der Waals surface area contributed by atoms with Crippen molar-refractivity contribution >= 4 is 39.4 Å². The number of fused-ring (bicyclic) bond motifs is 1. The van der Waals surface area contributed by atoms with Crippen LogP contribution in [0.3, 0.4) is 0 Å². The molecule has 1 unspecified atom stereocenters. The lowest BCUT2D eigenvalue weighted by Crippen LogP contribution is -2.30. The highest BCUT2D eigenvalue weighted by molar-refractivity contribution is 7.14. The van der Waals surface area contributed by atoms with Crippen molar-refractivity contribution in [3.8, 4) is 45.7 Å². The van der Waals surface area contributed by atoms with E-state index in [1.165, 1.54) is 24.5 Å². The number of methoxy groups -OCH3 is 2. The van der Waals surface area contributed by atoms with E-state index in [2.05, 4.69) is 10.3 Å². The predicted molar refractivity (Wildman–Crippen MR) is 159 cm³/mol. The third-order valence-electron chi connectivity index (χ3n) is 6.48. The van der Waals surface area contributed by atoms with Crippen LogP contribution >= 0.6 is 11.3 Å². The van der Waals surface area contributed by atoms with E-state index in [0.717, 1.165) is 5.56 Å². The highest BCUT2D eigenvalue weighted by Gasteiger charge is 2.22. The summed E-state index contributed by atoms with van der Waals surface area (Å²) in [4.78, 5) is 39.7. The maximum absolute atomic E-state index is 13.0. The number of nitrogens with zero attached hydrogens (tertiary/aromatic N) is 3. The molecule has 11 nitrogen and oxygen atoms in total. The van der Waals surface area contributed by atoms with Gasteiger partial charge in [-0.05, 0) is 67.6 Å². The summed E-state index contributed by atoms with van der Waals surface area (Å²) in [6.45, 7) is 1.49. The minimum Gasteiger partial charge on any atom is -0.493 e. The fourth-order valence-electron chi connectivity index (χ4n) is 4.30. The predicted octanol–water partition coefficient (Wildman–Crippen LogP) is 6.47. The number of ether oxygens (including phenoxy) is 3. The summed E-state index contributed by atoms with van der Waals surface area (Å²) >= 11 is 1.25. The molecule has 12 heteroatoms. The number of carbonyl (C=O) groups excluding carboxylic acids is 2. The largest absolute Gasteiger partial charge is 0.493 e. The van der Waals surface area contributed by atoms with Crippen LogP contribution in [-0.2, 0) is 9.53 Å².